The average Bonchev–Trinajstić information content (AvgIpc) is 3.18. The largest absolute Gasteiger partial charge is 0.490 e. The zero-order chi connectivity index (χ0) is 25.8. The molecular weight excluding hydrogens is 458 g/mol. The summed E-state index contributed by atoms with van der Waals surface area (Å²) in [5.41, 5.74) is 1.46. The molecule has 4 rings (SSSR count). The van der Waals surface area contributed by atoms with Gasteiger partial charge in [-0.1, -0.05) is 39.8 Å². The van der Waals surface area contributed by atoms with Crippen LogP contribution in [0.2, 0.25) is 0 Å². The highest BCUT2D eigenvalue weighted by Crippen LogP contribution is 2.37. The number of para-hydroxylation sites is 1. The summed E-state index contributed by atoms with van der Waals surface area (Å²) in [7, 11) is 0. The number of alkyl halides is 3. The number of halogens is 4. The van der Waals surface area contributed by atoms with Crippen molar-refractivity contribution in [1.29, 1.82) is 0 Å². The molecule has 0 saturated carbocycles. The molecule has 192 valence electrons. The van der Waals surface area contributed by atoms with Crippen LogP contribution in [0.15, 0.2) is 47.6 Å². The van der Waals surface area contributed by atoms with Crippen LogP contribution in [0.25, 0.3) is 0 Å². The first-order chi connectivity index (χ1) is 16.7. The van der Waals surface area contributed by atoms with Crippen LogP contribution >= 0.6 is 0 Å². The number of benzene rings is 2. The van der Waals surface area contributed by atoms with Gasteiger partial charge in [-0.2, -0.15) is 18.3 Å². The smallest absolute Gasteiger partial charge is 0.431 e. The molecule has 0 N–H and O–H groups in total. The lowest BCUT2D eigenvalue weighted by atomic mass is 9.95. The highest BCUT2D eigenvalue weighted by molar-refractivity contribution is 5.95. The van der Waals surface area contributed by atoms with E-state index >= 15 is 0 Å². The van der Waals surface area contributed by atoms with Crippen molar-refractivity contribution >= 4 is 17.1 Å². The zero-order valence-corrected chi connectivity index (χ0v) is 21.1. The molecule has 2 atom stereocenters. The second kappa shape index (κ2) is 11.3. The van der Waals surface area contributed by atoms with E-state index in [1.807, 2.05) is 33.8 Å². The number of piperidine rings is 1. The molecule has 0 aliphatic carbocycles. The Labute approximate surface area is 205 Å². The molecule has 0 bridgehead atoms. The molecule has 0 aromatic heterocycles. The van der Waals surface area contributed by atoms with E-state index in [9.17, 15) is 17.6 Å². The van der Waals surface area contributed by atoms with Crippen molar-refractivity contribution in [3.05, 3.63) is 53.8 Å². The summed E-state index contributed by atoms with van der Waals surface area (Å²) < 4.78 is 60.3. The van der Waals surface area contributed by atoms with Crippen molar-refractivity contribution in [1.82, 2.24) is 0 Å². The SMILES string of the molecule is CC.CC[C@H]1C(C)C(C(F)(F)F)=NN1c1ccc(OC2CCN(c3c(C)cccc3F)CC2)cc1. The fourth-order valence-electron chi connectivity index (χ4n) is 4.86. The van der Waals surface area contributed by atoms with Crippen LogP contribution in [0.3, 0.4) is 0 Å². The lowest BCUT2D eigenvalue weighted by molar-refractivity contribution is -0.0620. The van der Waals surface area contributed by atoms with E-state index in [1.54, 1.807) is 37.3 Å². The molecule has 1 fully saturated rings. The van der Waals surface area contributed by atoms with Gasteiger partial charge >= 0.3 is 6.18 Å². The highest BCUT2D eigenvalue weighted by atomic mass is 19.4. The van der Waals surface area contributed by atoms with Crippen molar-refractivity contribution < 1.29 is 22.3 Å². The number of anilines is 2. The van der Waals surface area contributed by atoms with Gasteiger partial charge < -0.3 is 9.64 Å². The molecule has 2 aromatic rings. The Morgan fingerprint density at radius 2 is 1.66 bits per heavy atom. The quantitative estimate of drug-likeness (QED) is 0.407. The Morgan fingerprint density at radius 3 is 2.20 bits per heavy atom. The van der Waals surface area contributed by atoms with E-state index in [0.29, 0.717) is 36.6 Å². The molecule has 2 aliphatic heterocycles. The van der Waals surface area contributed by atoms with Crippen molar-refractivity contribution in [3.8, 4) is 5.75 Å². The maximum Gasteiger partial charge on any atom is 0.431 e. The molecule has 8 heteroatoms. The summed E-state index contributed by atoms with van der Waals surface area (Å²) in [5.74, 6) is -0.225. The van der Waals surface area contributed by atoms with Gasteiger partial charge in [0.2, 0.25) is 0 Å². The summed E-state index contributed by atoms with van der Waals surface area (Å²) >= 11 is 0. The second-order valence-corrected chi connectivity index (χ2v) is 8.80. The number of hydrogen-bond donors (Lipinski definition) is 0. The Bertz CT molecular complexity index is 978. The van der Waals surface area contributed by atoms with Gasteiger partial charge in [0, 0.05) is 31.8 Å². The van der Waals surface area contributed by atoms with Gasteiger partial charge in [-0.3, -0.25) is 5.01 Å². The number of ether oxygens (including phenoxy) is 1. The van der Waals surface area contributed by atoms with Gasteiger partial charge in [0.05, 0.1) is 17.4 Å². The van der Waals surface area contributed by atoms with Gasteiger partial charge in [-0.15, -0.1) is 0 Å². The maximum absolute atomic E-state index is 14.3. The third-order valence-electron chi connectivity index (χ3n) is 6.60. The van der Waals surface area contributed by atoms with Crippen LogP contribution in [-0.2, 0) is 0 Å². The van der Waals surface area contributed by atoms with E-state index in [4.69, 9.17) is 4.74 Å². The van der Waals surface area contributed by atoms with Crippen LogP contribution in [0.1, 0.15) is 52.5 Å². The van der Waals surface area contributed by atoms with E-state index in [1.165, 1.54) is 11.1 Å². The number of hydrogen-bond acceptors (Lipinski definition) is 4. The Hall–Kier alpha value is -2.77. The summed E-state index contributed by atoms with van der Waals surface area (Å²) in [6.07, 6.45) is -2.35. The molecule has 2 heterocycles. The summed E-state index contributed by atoms with van der Waals surface area (Å²) in [6.45, 7) is 10.8. The van der Waals surface area contributed by atoms with Crippen LogP contribution in [0, 0.1) is 18.7 Å². The van der Waals surface area contributed by atoms with Gasteiger partial charge in [0.15, 0.2) is 0 Å². The fraction of sp³-hybridized carbons (Fsp3) is 0.519. The number of aryl methyl sites for hydroxylation is 1. The van der Waals surface area contributed by atoms with Gasteiger partial charge in [0.25, 0.3) is 0 Å². The zero-order valence-electron chi connectivity index (χ0n) is 21.1. The molecule has 0 amide bonds. The lowest BCUT2D eigenvalue weighted by Gasteiger charge is -2.34. The molecule has 4 nitrogen and oxygen atoms in total. The molecule has 2 aliphatic rings. The number of nitrogens with zero attached hydrogens (tertiary/aromatic N) is 3. The molecule has 0 spiro atoms. The van der Waals surface area contributed by atoms with Crippen molar-refractivity contribution in [3.63, 3.8) is 0 Å². The molecule has 0 radical (unpaired) electrons. The minimum Gasteiger partial charge on any atom is -0.490 e. The maximum atomic E-state index is 14.3. The molecule has 2 aromatic carbocycles. The highest BCUT2D eigenvalue weighted by Gasteiger charge is 2.47. The number of rotatable bonds is 5. The first-order valence-corrected chi connectivity index (χ1v) is 12.4. The third-order valence-corrected chi connectivity index (χ3v) is 6.60. The van der Waals surface area contributed by atoms with Crippen molar-refractivity contribution in [2.45, 2.75) is 72.2 Å². The van der Waals surface area contributed by atoms with E-state index in [-0.39, 0.29) is 18.0 Å². The topological polar surface area (TPSA) is 28.1 Å². The fourth-order valence-corrected chi connectivity index (χ4v) is 4.86. The Morgan fingerprint density at radius 1 is 1.03 bits per heavy atom. The monoisotopic (exact) mass is 493 g/mol. The third kappa shape index (κ3) is 5.90. The predicted molar refractivity (Wildman–Crippen MR) is 134 cm³/mol. The van der Waals surface area contributed by atoms with Gasteiger partial charge in [-0.05, 0) is 49.2 Å². The van der Waals surface area contributed by atoms with Crippen LogP contribution in [0.5, 0.6) is 5.75 Å². The Kier molecular flexibility index (Phi) is 8.67. The van der Waals surface area contributed by atoms with Crippen LogP contribution in [-0.4, -0.2) is 37.1 Å². The van der Waals surface area contributed by atoms with E-state index in [2.05, 4.69) is 10.0 Å². The first kappa shape index (κ1) is 26.8. The first-order valence-electron chi connectivity index (χ1n) is 12.4. The standard InChI is InChI=1S/C25H29F4N3O.C2H6/c1-4-22-17(3)24(25(27,28)29)30-32(22)18-8-10-19(11-9-18)33-20-12-14-31(15-13-20)23-16(2)6-5-7-21(23)26;1-2/h5-11,17,20,22H,4,12-15H2,1-3H3;1-2H3/t17?,22-;/m0./s1. The number of hydrazone groups is 1. The molecule has 1 unspecified atom stereocenters. The minimum atomic E-state index is -4.43. The predicted octanol–water partition coefficient (Wildman–Crippen LogP) is 7.36. The summed E-state index contributed by atoms with van der Waals surface area (Å²) in [5, 5.41) is 5.39. The van der Waals surface area contributed by atoms with Gasteiger partial charge in [0.1, 0.15) is 23.4 Å². The summed E-state index contributed by atoms with van der Waals surface area (Å²) in [6, 6.07) is 11.8. The Balaban J connectivity index is 0.00000167. The normalized spacial score (nSPS) is 20.9. The minimum absolute atomic E-state index is 0.00392. The molecule has 1 saturated heterocycles. The van der Waals surface area contributed by atoms with E-state index in [0.717, 1.165) is 18.4 Å². The van der Waals surface area contributed by atoms with Crippen LogP contribution in [0.4, 0.5) is 28.9 Å². The second-order valence-electron chi connectivity index (χ2n) is 8.80. The van der Waals surface area contributed by atoms with Crippen LogP contribution < -0.4 is 14.6 Å². The molecular formula is C27H35F4N3O. The van der Waals surface area contributed by atoms with E-state index < -0.39 is 17.8 Å². The van der Waals surface area contributed by atoms with Crippen molar-refractivity contribution in [2.24, 2.45) is 11.0 Å². The lowest BCUT2D eigenvalue weighted by Crippen LogP contribution is -2.39. The molecule has 35 heavy (non-hydrogen) atoms. The van der Waals surface area contributed by atoms with Crippen molar-refractivity contribution in [2.75, 3.05) is 23.0 Å². The summed E-state index contributed by atoms with van der Waals surface area (Å²) in [4.78, 5) is 2.06. The van der Waals surface area contributed by atoms with Gasteiger partial charge in [-0.25, -0.2) is 4.39 Å². The average molecular weight is 494 g/mol.